The number of para-hydroxylation sites is 1. The van der Waals surface area contributed by atoms with Gasteiger partial charge in [0.2, 0.25) is 5.88 Å². The minimum atomic E-state index is -0.370. The van der Waals surface area contributed by atoms with Gasteiger partial charge in [-0.2, -0.15) is 10.1 Å². The maximum atomic E-state index is 14.3. The van der Waals surface area contributed by atoms with Crippen molar-refractivity contribution in [3.8, 4) is 23.0 Å². The summed E-state index contributed by atoms with van der Waals surface area (Å²) in [7, 11) is 3.62. The van der Waals surface area contributed by atoms with Crippen molar-refractivity contribution in [3.05, 3.63) is 77.7 Å². The maximum absolute atomic E-state index is 14.3. The van der Waals surface area contributed by atoms with E-state index in [-0.39, 0.29) is 35.8 Å². The van der Waals surface area contributed by atoms with Crippen LogP contribution in [0.15, 0.2) is 60.7 Å². The summed E-state index contributed by atoms with van der Waals surface area (Å²) < 4.78 is 22.1. The Morgan fingerprint density at radius 3 is 2.28 bits per heavy atom. The molecule has 182 valence electrons. The largest absolute Gasteiger partial charge is 0.472 e. The van der Waals surface area contributed by atoms with Crippen molar-refractivity contribution < 1.29 is 9.13 Å². The number of hydrogen-bond donors (Lipinski definition) is 2. The van der Waals surface area contributed by atoms with Crippen LogP contribution in [0.3, 0.4) is 0 Å². The molecule has 0 saturated carbocycles. The summed E-state index contributed by atoms with van der Waals surface area (Å²) in [5.41, 5.74) is 16.0. The molecule has 0 spiro atoms. The number of anilines is 3. The number of pyridine rings is 1. The van der Waals surface area contributed by atoms with Gasteiger partial charge in [-0.25, -0.2) is 19.0 Å². The molecule has 0 aliphatic rings. The number of rotatable bonds is 6. The van der Waals surface area contributed by atoms with Crippen molar-refractivity contribution in [1.29, 1.82) is 0 Å². The monoisotopic (exact) mass is 484 g/mol. The van der Waals surface area contributed by atoms with Crippen LogP contribution in [0.25, 0.3) is 28.1 Å². The highest BCUT2D eigenvalue weighted by Crippen LogP contribution is 2.35. The molecule has 3 heterocycles. The Hall–Kier alpha value is -4.73. The van der Waals surface area contributed by atoms with Gasteiger partial charge in [0.25, 0.3) is 0 Å². The van der Waals surface area contributed by atoms with Gasteiger partial charge in [0.15, 0.2) is 23.1 Å². The summed E-state index contributed by atoms with van der Waals surface area (Å²) in [4.78, 5) is 15.5. The highest BCUT2D eigenvalue weighted by atomic mass is 19.1. The van der Waals surface area contributed by atoms with Gasteiger partial charge in [-0.3, -0.25) is 0 Å². The number of fused-ring (bicyclic) bond motifs is 1. The Labute approximate surface area is 207 Å². The zero-order valence-corrected chi connectivity index (χ0v) is 20.1. The fourth-order valence-corrected chi connectivity index (χ4v) is 4.02. The molecule has 0 unspecified atom stereocenters. The third-order valence-electron chi connectivity index (χ3n) is 5.76. The topological polar surface area (TPSA) is 121 Å². The van der Waals surface area contributed by atoms with E-state index in [9.17, 15) is 4.39 Å². The molecule has 0 fully saturated rings. The molecule has 4 N–H and O–H groups in total. The highest BCUT2D eigenvalue weighted by Gasteiger charge is 2.21. The minimum Gasteiger partial charge on any atom is -0.472 e. The van der Waals surface area contributed by atoms with E-state index in [0.29, 0.717) is 22.5 Å². The molecule has 5 aromatic rings. The smallest absolute Gasteiger partial charge is 0.227 e. The second kappa shape index (κ2) is 9.14. The van der Waals surface area contributed by atoms with Crippen LogP contribution >= 0.6 is 0 Å². The summed E-state index contributed by atoms with van der Waals surface area (Å²) in [6, 6.07) is 17.9. The van der Waals surface area contributed by atoms with E-state index < -0.39 is 0 Å². The van der Waals surface area contributed by atoms with Gasteiger partial charge in [-0.15, -0.1) is 0 Å². The zero-order chi connectivity index (χ0) is 25.4. The van der Waals surface area contributed by atoms with Gasteiger partial charge >= 0.3 is 0 Å². The quantitative estimate of drug-likeness (QED) is 0.369. The lowest BCUT2D eigenvalue weighted by molar-refractivity contribution is 0.290. The normalized spacial score (nSPS) is 11.1. The van der Waals surface area contributed by atoms with E-state index in [1.54, 1.807) is 27.8 Å². The number of aryl methyl sites for hydroxylation is 1. The predicted molar refractivity (Wildman–Crippen MR) is 139 cm³/mol. The van der Waals surface area contributed by atoms with Crippen LogP contribution in [0.4, 0.5) is 21.7 Å². The van der Waals surface area contributed by atoms with E-state index >= 15 is 0 Å². The van der Waals surface area contributed by atoms with Crippen molar-refractivity contribution in [2.45, 2.75) is 13.5 Å². The summed E-state index contributed by atoms with van der Waals surface area (Å²) in [6.07, 6.45) is 0. The molecule has 0 saturated heterocycles. The molecule has 9 nitrogen and oxygen atoms in total. The number of nitrogens with two attached hydrogens (primary N) is 2. The number of hydrogen-bond acceptors (Lipinski definition) is 8. The van der Waals surface area contributed by atoms with E-state index in [2.05, 4.69) is 15.1 Å². The van der Waals surface area contributed by atoms with Crippen LogP contribution in [0.2, 0.25) is 0 Å². The van der Waals surface area contributed by atoms with Crippen molar-refractivity contribution in [3.63, 3.8) is 0 Å². The van der Waals surface area contributed by atoms with Gasteiger partial charge in [0.1, 0.15) is 18.1 Å². The van der Waals surface area contributed by atoms with Crippen LogP contribution in [0.1, 0.15) is 11.3 Å². The lowest BCUT2D eigenvalue weighted by Crippen LogP contribution is -2.16. The molecular formula is C26H25FN8O. The number of halogens is 1. The van der Waals surface area contributed by atoms with Crippen LogP contribution in [0, 0.1) is 12.7 Å². The number of aromatic nitrogens is 5. The Morgan fingerprint density at radius 2 is 1.61 bits per heavy atom. The second-order valence-corrected chi connectivity index (χ2v) is 8.49. The first kappa shape index (κ1) is 23.0. The number of ether oxygens (including phenoxy) is 1. The van der Waals surface area contributed by atoms with Crippen LogP contribution < -0.4 is 21.1 Å². The Kier molecular flexibility index (Phi) is 5.85. The van der Waals surface area contributed by atoms with Crippen molar-refractivity contribution in [1.82, 2.24) is 24.7 Å². The maximum Gasteiger partial charge on any atom is 0.227 e. The van der Waals surface area contributed by atoms with Crippen molar-refractivity contribution >= 4 is 28.4 Å². The highest BCUT2D eigenvalue weighted by molar-refractivity contribution is 5.87. The fraction of sp³-hybridized carbons (Fsp3) is 0.154. The fourth-order valence-electron chi connectivity index (χ4n) is 4.02. The summed E-state index contributed by atoms with van der Waals surface area (Å²) in [5, 5.41) is 5.46. The molecule has 0 amide bonds. The second-order valence-electron chi connectivity index (χ2n) is 8.49. The molecule has 0 radical (unpaired) electrons. The summed E-state index contributed by atoms with van der Waals surface area (Å²) >= 11 is 0. The zero-order valence-electron chi connectivity index (χ0n) is 20.1. The Balaban J connectivity index is 1.69. The average molecular weight is 485 g/mol. The van der Waals surface area contributed by atoms with E-state index in [1.165, 1.54) is 6.07 Å². The van der Waals surface area contributed by atoms with Gasteiger partial charge in [-0.1, -0.05) is 36.4 Å². The Bertz CT molecular complexity index is 1540. The predicted octanol–water partition coefficient (Wildman–Crippen LogP) is 4.13. The first-order chi connectivity index (χ1) is 17.3. The Morgan fingerprint density at radius 1 is 0.944 bits per heavy atom. The standard InChI is InChI=1S/C26H25FN8O/c1-15-18-13-19(24-30-22(28)21(34(2)3)23(29)31-24)26(36-14-16-9-7-8-12-20(16)27)32-25(18)35(33-15)17-10-5-4-6-11-17/h4-13H,14H2,1-3H3,(H4,28,29,30,31). The molecular weight excluding hydrogens is 459 g/mol. The number of benzene rings is 2. The molecule has 5 rings (SSSR count). The molecule has 0 bridgehead atoms. The van der Waals surface area contributed by atoms with E-state index in [1.807, 2.05) is 57.4 Å². The van der Waals surface area contributed by atoms with Crippen LogP contribution in [-0.2, 0) is 6.61 Å². The molecule has 36 heavy (non-hydrogen) atoms. The third-order valence-corrected chi connectivity index (χ3v) is 5.76. The molecule has 0 atom stereocenters. The SMILES string of the molecule is Cc1nn(-c2ccccc2)c2nc(OCc3ccccc3F)c(-c3nc(N)c(N(C)C)c(N)n3)cc12. The third kappa shape index (κ3) is 4.13. The van der Waals surface area contributed by atoms with Gasteiger partial charge in [0.05, 0.1) is 16.9 Å². The first-order valence-electron chi connectivity index (χ1n) is 11.3. The van der Waals surface area contributed by atoms with Gasteiger partial charge in [-0.05, 0) is 31.2 Å². The van der Waals surface area contributed by atoms with Crippen LogP contribution in [0.5, 0.6) is 5.88 Å². The summed E-state index contributed by atoms with van der Waals surface area (Å²) in [5.74, 6) is 0.531. The molecule has 0 aliphatic carbocycles. The van der Waals surface area contributed by atoms with E-state index in [0.717, 1.165) is 16.8 Å². The van der Waals surface area contributed by atoms with E-state index in [4.69, 9.17) is 21.2 Å². The van der Waals surface area contributed by atoms with Gasteiger partial charge < -0.3 is 21.1 Å². The molecule has 2 aromatic carbocycles. The number of nitrogens with zero attached hydrogens (tertiary/aromatic N) is 6. The number of nitrogen functional groups attached to an aromatic ring is 2. The minimum absolute atomic E-state index is 0.0443. The van der Waals surface area contributed by atoms with Crippen LogP contribution in [-0.4, -0.2) is 38.8 Å². The first-order valence-corrected chi connectivity index (χ1v) is 11.3. The molecule has 0 aliphatic heterocycles. The molecule has 10 heteroatoms. The lowest BCUT2D eigenvalue weighted by atomic mass is 10.1. The molecule has 3 aromatic heterocycles. The van der Waals surface area contributed by atoms with Gasteiger partial charge in [0, 0.05) is 25.0 Å². The summed E-state index contributed by atoms with van der Waals surface area (Å²) in [6.45, 7) is 1.85. The lowest BCUT2D eigenvalue weighted by Gasteiger charge is -2.18. The van der Waals surface area contributed by atoms with Crippen molar-refractivity contribution in [2.75, 3.05) is 30.5 Å². The average Bonchev–Trinajstić information content (AvgIpc) is 3.18. The van der Waals surface area contributed by atoms with Crippen molar-refractivity contribution in [2.24, 2.45) is 0 Å².